The minimum atomic E-state index is -0.478. The molecule has 1 aromatic rings. The molecule has 3 heterocycles. The van der Waals surface area contributed by atoms with Crippen LogP contribution in [0, 0.1) is 11.3 Å². The van der Waals surface area contributed by atoms with Gasteiger partial charge in [0, 0.05) is 24.4 Å². The zero-order valence-electron chi connectivity index (χ0n) is 18.4. The number of amides is 1. The van der Waals surface area contributed by atoms with E-state index in [1.807, 2.05) is 6.07 Å². The van der Waals surface area contributed by atoms with E-state index in [2.05, 4.69) is 30.0 Å². The summed E-state index contributed by atoms with van der Waals surface area (Å²) in [6.45, 7) is 7.60. The monoisotopic (exact) mass is 409 g/mol. The van der Waals surface area contributed by atoms with Crippen LogP contribution < -0.4 is 4.90 Å². The second kappa shape index (κ2) is 5.67. The molecule has 6 aliphatic rings. The lowest BCUT2D eigenvalue weighted by Crippen LogP contribution is -2.82. The van der Waals surface area contributed by atoms with Gasteiger partial charge in [-0.15, -0.1) is 0 Å². The van der Waals surface area contributed by atoms with Gasteiger partial charge in [-0.25, -0.2) is 0 Å². The first-order chi connectivity index (χ1) is 14.4. The van der Waals surface area contributed by atoms with Crippen molar-refractivity contribution in [1.82, 2.24) is 0 Å². The number of piperidine rings is 1. The molecule has 5 fully saturated rings. The van der Waals surface area contributed by atoms with Crippen LogP contribution in [-0.4, -0.2) is 54.7 Å². The number of hydrogen-bond donors (Lipinski definition) is 0. The van der Waals surface area contributed by atoms with Crippen LogP contribution in [0.25, 0.3) is 0 Å². The maximum Gasteiger partial charge on any atom is 0.311 e. The Labute approximate surface area is 179 Å². The highest BCUT2D eigenvalue weighted by Gasteiger charge is 2.85. The summed E-state index contributed by atoms with van der Waals surface area (Å²) >= 11 is 0. The number of likely N-dealkylation sites (N-methyl/N-ethyl adjacent to an activating group) is 1. The van der Waals surface area contributed by atoms with Crippen molar-refractivity contribution in [3.63, 3.8) is 0 Å². The molecule has 0 radical (unpaired) electrons. The minimum Gasteiger partial charge on any atom is -0.469 e. The molecule has 160 valence electrons. The van der Waals surface area contributed by atoms with Crippen LogP contribution in [0.5, 0.6) is 0 Å². The van der Waals surface area contributed by atoms with Gasteiger partial charge >= 0.3 is 5.97 Å². The van der Waals surface area contributed by atoms with E-state index in [9.17, 15) is 9.59 Å². The quantitative estimate of drug-likeness (QED) is 0.556. The van der Waals surface area contributed by atoms with E-state index in [1.54, 1.807) is 6.92 Å². The highest BCUT2D eigenvalue weighted by molar-refractivity contribution is 5.99. The van der Waals surface area contributed by atoms with Crippen molar-refractivity contribution in [3.05, 3.63) is 29.8 Å². The summed E-state index contributed by atoms with van der Waals surface area (Å²) < 4.78 is 6.60. The van der Waals surface area contributed by atoms with Crippen molar-refractivity contribution >= 4 is 17.6 Å². The Morgan fingerprint density at radius 3 is 2.70 bits per heavy atom. The molecule has 3 spiro atoms. The average Bonchev–Trinajstić information content (AvgIpc) is 3.26. The van der Waals surface area contributed by atoms with Gasteiger partial charge in [-0.1, -0.05) is 18.2 Å². The van der Waals surface area contributed by atoms with E-state index in [1.165, 1.54) is 43.1 Å². The first-order valence-corrected chi connectivity index (χ1v) is 11.8. The summed E-state index contributed by atoms with van der Waals surface area (Å²) in [5.41, 5.74) is 1.96. The fourth-order valence-electron chi connectivity index (χ4n) is 9.73. The number of benzene rings is 1. The molecular weight excluding hydrogens is 376 g/mol. The number of anilines is 1. The lowest BCUT2D eigenvalue weighted by molar-refractivity contribution is -0.955. The number of hydrogen-bond acceptors (Lipinski definition) is 3. The predicted molar refractivity (Wildman–Crippen MR) is 114 cm³/mol. The molecule has 5 nitrogen and oxygen atoms in total. The first-order valence-electron chi connectivity index (χ1n) is 11.8. The molecule has 1 aromatic carbocycles. The molecule has 6 atom stereocenters. The molecule has 2 saturated heterocycles. The number of para-hydroxylation sites is 1. The summed E-state index contributed by atoms with van der Waals surface area (Å²) in [4.78, 5) is 28.7. The zero-order chi connectivity index (χ0) is 20.9. The van der Waals surface area contributed by atoms with Gasteiger partial charge in [0.25, 0.3) is 0 Å². The van der Waals surface area contributed by atoms with E-state index in [0.717, 1.165) is 37.9 Å². The van der Waals surface area contributed by atoms with Crippen LogP contribution in [0.2, 0.25) is 0 Å². The zero-order valence-corrected chi connectivity index (χ0v) is 18.4. The van der Waals surface area contributed by atoms with Gasteiger partial charge in [-0.05, 0) is 50.7 Å². The lowest BCUT2D eigenvalue weighted by Gasteiger charge is -2.70. The molecular formula is C25H33N2O3+. The molecule has 0 N–H and O–H groups in total. The maximum atomic E-state index is 13.3. The summed E-state index contributed by atoms with van der Waals surface area (Å²) in [6, 6.07) is 9.08. The Hall–Kier alpha value is -1.88. The number of fused-ring (bicyclic) bond motifs is 3. The van der Waals surface area contributed by atoms with Crippen LogP contribution >= 0.6 is 0 Å². The second-order valence-electron chi connectivity index (χ2n) is 10.6. The third kappa shape index (κ3) is 1.71. The standard InChI is InChI=1S/C25H33N2O3/c1-4-27-14-7-10-23-11-12-25(19(16-23)21(29)30-3)24(13-15-27,22(23)27)18-8-5-6-9-20(18)26(25)17(2)28/h5-6,8-9,19,22H,4,7,10-16H2,1-3H3/q+1/t19-,22-,23+,24-,25-,27-/m0/s1. The third-order valence-electron chi connectivity index (χ3n) is 10.2. The van der Waals surface area contributed by atoms with Gasteiger partial charge in [0.1, 0.15) is 6.04 Å². The lowest BCUT2D eigenvalue weighted by atomic mass is 9.38. The predicted octanol–water partition coefficient (Wildman–Crippen LogP) is 3.41. The number of nitrogens with zero attached hydrogens (tertiary/aromatic N) is 2. The summed E-state index contributed by atoms with van der Waals surface area (Å²) in [6.07, 6.45) is 6.46. The van der Waals surface area contributed by atoms with Crippen LogP contribution in [0.3, 0.4) is 0 Å². The highest BCUT2D eigenvalue weighted by atomic mass is 16.5. The van der Waals surface area contributed by atoms with Gasteiger partial charge in [-0.3, -0.25) is 9.59 Å². The van der Waals surface area contributed by atoms with Crippen LogP contribution in [0.15, 0.2) is 24.3 Å². The fraction of sp³-hybridized carbons (Fsp3) is 0.680. The molecule has 2 bridgehead atoms. The Morgan fingerprint density at radius 1 is 1.17 bits per heavy atom. The van der Waals surface area contributed by atoms with Crippen LogP contribution in [-0.2, 0) is 19.7 Å². The third-order valence-corrected chi connectivity index (χ3v) is 10.2. The van der Waals surface area contributed by atoms with E-state index in [4.69, 9.17) is 4.74 Å². The number of methoxy groups -OCH3 is 1. The van der Waals surface area contributed by atoms with Gasteiger partial charge in [0.2, 0.25) is 5.91 Å². The topological polar surface area (TPSA) is 46.6 Å². The molecule has 5 heteroatoms. The molecule has 0 aromatic heterocycles. The number of rotatable bonds is 2. The number of quaternary nitrogens is 1. The first kappa shape index (κ1) is 18.9. The van der Waals surface area contributed by atoms with E-state index in [0.29, 0.717) is 6.04 Å². The van der Waals surface area contributed by atoms with Gasteiger partial charge in [0.15, 0.2) is 0 Å². The molecule has 3 aliphatic carbocycles. The minimum absolute atomic E-state index is 0.0694. The van der Waals surface area contributed by atoms with Crippen molar-refractivity contribution in [2.75, 3.05) is 31.6 Å². The molecule has 0 unspecified atom stereocenters. The van der Waals surface area contributed by atoms with E-state index < -0.39 is 5.54 Å². The van der Waals surface area contributed by atoms with Crippen LogP contribution in [0.1, 0.15) is 57.9 Å². The Bertz CT molecular complexity index is 961. The molecule has 1 amide bonds. The normalized spacial score (nSPS) is 45.0. The molecule has 30 heavy (non-hydrogen) atoms. The van der Waals surface area contributed by atoms with Gasteiger partial charge < -0.3 is 14.1 Å². The van der Waals surface area contributed by atoms with Crippen LogP contribution in [0.4, 0.5) is 5.69 Å². The molecule has 7 rings (SSSR count). The molecule has 3 saturated carbocycles. The van der Waals surface area contributed by atoms with E-state index in [-0.39, 0.29) is 28.6 Å². The number of esters is 1. The Kier molecular flexibility index (Phi) is 3.56. The maximum absolute atomic E-state index is 13.3. The largest absolute Gasteiger partial charge is 0.469 e. The number of carbonyl (C=O) groups is 2. The summed E-state index contributed by atoms with van der Waals surface area (Å²) in [5.74, 6) is -0.281. The summed E-state index contributed by atoms with van der Waals surface area (Å²) in [7, 11) is 1.52. The van der Waals surface area contributed by atoms with Crippen molar-refractivity contribution in [2.45, 2.75) is 69.4 Å². The average molecular weight is 410 g/mol. The van der Waals surface area contributed by atoms with E-state index >= 15 is 0 Å². The van der Waals surface area contributed by atoms with Crippen molar-refractivity contribution in [1.29, 1.82) is 0 Å². The number of ether oxygens (including phenoxy) is 1. The SMILES string of the molecule is CC[N@+]12CCC[C@@]34CC[C@@]5([C@H](C(=O)OC)C3)N(C(C)=O)c3ccccc3[C@@]5(CC1)[C@H]42. The summed E-state index contributed by atoms with van der Waals surface area (Å²) in [5, 5.41) is 0. The van der Waals surface area contributed by atoms with Crippen molar-refractivity contribution in [2.24, 2.45) is 11.3 Å². The highest BCUT2D eigenvalue weighted by Crippen LogP contribution is 2.77. The van der Waals surface area contributed by atoms with Gasteiger partial charge in [0.05, 0.1) is 43.6 Å². The van der Waals surface area contributed by atoms with Crippen molar-refractivity contribution in [3.8, 4) is 0 Å². The Morgan fingerprint density at radius 2 is 1.97 bits per heavy atom. The van der Waals surface area contributed by atoms with Gasteiger partial charge in [-0.2, -0.15) is 0 Å². The smallest absolute Gasteiger partial charge is 0.311 e. The van der Waals surface area contributed by atoms with Crippen molar-refractivity contribution < 1.29 is 18.8 Å². The number of carbonyl (C=O) groups excluding carboxylic acids is 2. The fourth-order valence-corrected chi connectivity index (χ4v) is 9.73. The second-order valence-corrected chi connectivity index (χ2v) is 10.6. The molecule has 3 aliphatic heterocycles. The Balaban J connectivity index is 1.72.